The minimum absolute atomic E-state index is 0.175. The molecule has 1 N–H and O–H groups in total. The number of rotatable bonds is 5. The smallest absolute Gasteiger partial charge is 0.225 e. The fourth-order valence-corrected chi connectivity index (χ4v) is 3.68. The van der Waals surface area contributed by atoms with Gasteiger partial charge in [0.15, 0.2) is 0 Å². The average molecular weight is 380 g/mol. The Kier molecular flexibility index (Phi) is 6.27. The summed E-state index contributed by atoms with van der Waals surface area (Å²) in [5.41, 5.74) is 0.419. The summed E-state index contributed by atoms with van der Waals surface area (Å²) in [6.07, 6.45) is 1.50. The number of nitrogens with one attached hydrogen (secondary N) is 1. The highest BCUT2D eigenvalue weighted by Gasteiger charge is 2.23. The maximum Gasteiger partial charge on any atom is 0.225 e. The molecule has 1 aliphatic heterocycles. The van der Waals surface area contributed by atoms with Gasteiger partial charge in [-0.15, -0.1) is 0 Å². The third-order valence-corrected chi connectivity index (χ3v) is 5.62. The Labute approximate surface area is 146 Å². The van der Waals surface area contributed by atoms with Crippen molar-refractivity contribution in [3.05, 3.63) is 28.2 Å². The number of amides is 1. The Hall–Kier alpha value is -0.860. The number of carbonyl (C=O) groups excluding carboxylic acids is 1. The maximum absolute atomic E-state index is 12.0. The normalized spacial score (nSPS) is 17.2. The van der Waals surface area contributed by atoms with E-state index in [2.05, 4.69) is 10.2 Å². The van der Waals surface area contributed by atoms with Gasteiger partial charge in [0.1, 0.15) is 0 Å². The molecular weight excluding hydrogens is 361 g/mol. The summed E-state index contributed by atoms with van der Waals surface area (Å²) < 4.78 is 24.3. The van der Waals surface area contributed by atoms with Crippen molar-refractivity contribution in [3.63, 3.8) is 0 Å². The van der Waals surface area contributed by atoms with Gasteiger partial charge in [0.05, 0.1) is 22.0 Å². The molecule has 0 radical (unpaired) electrons. The minimum atomic E-state index is -3.13. The number of halogens is 2. The summed E-state index contributed by atoms with van der Waals surface area (Å²) in [7, 11) is -3.13. The van der Waals surface area contributed by atoms with Crippen LogP contribution in [0, 0.1) is 0 Å². The fourth-order valence-electron chi connectivity index (χ4n) is 2.36. The van der Waals surface area contributed by atoms with Gasteiger partial charge < -0.3 is 10.2 Å². The largest absolute Gasteiger partial charge is 0.324 e. The Morgan fingerprint density at radius 3 is 2.26 bits per heavy atom. The van der Waals surface area contributed by atoms with Gasteiger partial charge in [-0.2, -0.15) is 4.31 Å². The molecule has 2 rings (SSSR count). The molecule has 1 amide bonds. The Morgan fingerprint density at radius 1 is 1.17 bits per heavy atom. The summed E-state index contributed by atoms with van der Waals surface area (Å²) >= 11 is 12.0. The summed E-state index contributed by atoms with van der Waals surface area (Å²) in [5, 5.41) is 3.51. The zero-order chi connectivity index (χ0) is 17.0. The van der Waals surface area contributed by atoms with Crippen LogP contribution in [0.3, 0.4) is 0 Å². The van der Waals surface area contributed by atoms with Crippen molar-refractivity contribution in [3.8, 4) is 0 Å². The van der Waals surface area contributed by atoms with E-state index >= 15 is 0 Å². The second-order valence-electron chi connectivity index (χ2n) is 5.40. The van der Waals surface area contributed by atoms with Gasteiger partial charge in [-0.3, -0.25) is 4.79 Å². The number of hydrogen-bond acceptors (Lipinski definition) is 4. The molecule has 0 bridgehead atoms. The van der Waals surface area contributed by atoms with E-state index in [9.17, 15) is 13.2 Å². The predicted molar refractivity (Wildman–Crippen MR) is 92.6 cm³/mol. The van der Waals surface area contributed by atoms with Crippen LogP contribution in [0.15, 0.2) is 18.2 Å². The van der Waals surface area contributed by atoms with Crippen molar-refractivity contribution in [1.82, 2.24) is 9.21 Å². The molecule has 1 heterocycles. The molecule has 0 spiro atoms. The van der Waals surface area contributed by atoms with Gasteiger partial charge in [0.2, 0.25) is 15.9 Å². The lowest BCUT2D eigenvalue weighted by molar-refractivity contribution is -0.116. The van der Waals surface area contributed by atoms with Crippen molar-refractivity contribution in [2.24, 2.45) is 0 Å². The zero-order valence-electron chi connectivity index (χ0n) is 12.8. The van der Waals surface area contributed by atoms with Crippen molar-refractivity contribution in [2.75, 3.05) is 44.3 Å². The number of benzene rings is 1. The van der Waals surface area contributed by atoms with Crippen LogP contribution in [0.1, 0.15) is 6.42 Å². The van der Waals surface area contributed by atoms with Gasteiger partial charge in [-0.25, -0.2) is 8.42 Å². The lowest BCUT2D eigenvalue weighted by Crippen LogP contribution is -2.48. The molecule has 1 aliphatic rings. The SMILES string of the molecule is CS(=O)(=O)N1CCN(CCC(=O)Nc2c(Cl)cccc2Cl)CC1. The van der Waals surface area contributed by atoms with Crippen molar-refractivity contribution < 1.29 is 13.2 Å². The average Bonchev–Trinajstić information content (AvgIpc) is 2.48. The topological polar surface area (TPSA) is 69.7 Å². The number of carbonyl (C=O) groups is 1. The zero-order valence-corrected chi connectivity index (χ0v) is 15.1. The molecule has 6 nitrogen and oxygen atoms in total. The van der Waals surface area contributed by atoms with Gasteiger partial charge in [0.25, 0.3) is 0 Å². The van der Waals surface area contributed by atoms with Crippen molar-refractivity contribution in [1.29, 1.82) is 0 Å². The molecule has 0 aliphatic carbocycles. The van der Waals surface area contributed by atoms with Gasteiger partial charge in [-0.05, 0) is 12.1 Å². The number of hydrogen-bond donors (Lipinski definition) is 1. The molecule has 1 saturated heterocycles. The molecule has 23 heavy (non-hydrogen) atoms. The third-order valence-electron chi connectivity index (χ3n) is 3.68. The number of nitrogens with zero attached hydrogens (tertiary/aromatic N) is 2. The second-order valence-corrected chi connectivity index (χ2v) is 8.20. The first-order valence-electron chi connectivity index (χ1n) is 7.18. The summed E-state index contributed by atoms with van der Waals surface area (Å²) in [4.78, 5) is 14.1. The van der Waals surface area contributed by atoms with Crippen LogP contribution in [-0.4, -0.2) is 62.5 Å². The van der Waals surface area contributed by atoms with E-state index in [4.69, 9.17) is 23.2 Å². The quantitative estimate of drug-likeness (QED) is 0.847. The highest BCUT2D eigenvalue weighted by molar-refractivity contribution is 7.88. The van der Waals surface area contributed by atoms with Crippen LogP contribution in [0.25, 0.3) is 0 Å². The van der Waals surface area contributed by atoms with E-state index in [1.165, 1.54) is 10.6 Å². The molecule has 9 heteroatoms. The van der Waals surface area contributed by atoms with Crippen LogP contribution >= 0.6 is 23.2 Å². The lowest BCUT2D eigenvalue weighted by atomic mass is 10.2. The highest BCUT2D eigenvalue weighted by atomic mass is 35.5. The van der Waals surface area contributed by atoms with Crippen LogP contribution in [-0.2, 0) is 14.8 Å². The van der Waals surface area contributed by atoms with E-state index in [1.54, 1.807) is 18.2 Å². The van der Waals surface area contributed by atoms with Crippen LogP contribution in [0.2, 0.25) is 10.0 Å². The maximum atomic E-state index is 12.0. The summed E-state index contributed by atoms with van der Waals surface area (Å²) in [6, 6.07) is 5.03. The molecule has 0 unspecified atom stereocenters. The molecule has 128 valence electrons. The van der Waals surface area contributed by atoms with Crippen molar-refractivity contribution >= 4 is 44.8 Å². The Bertz CT molecular complexity index is 654. The van der Waals surface area contributed by atoms with E-state index in [0.717, 1.165) is 0 Å². The third kappa shape index (κ3) is 5.32. The van der Waals surface area contributed by atoms with E-state index in [0.29, 0.717) is 54.9 Å². The van der Waals surface area contributed by atoms with Crippen LogP contribution < -0.4 is 5.32 Å². The number of piperazine rings is 1. The first-order chi connectivity index (χ1) is 10.8. The Balaban J connectivity index is 1.80. The number of para-hydroxylation sites is 1. The predicted octanol–water partition coefficient (Wildman–Crippen LogP) is 1.90. The number of sulfonamides is 1. The van der Waals surface area contributed by atoms with Crippen molar-refractivity contribution in [2.45, 2.75) is 6.42 Å². The van der Waals surface area contributed by atoms with Gasteiger partial charge in [0, 0.05) is 39.1 Å². The van der Waals surface area contributed by atoms with Gasteiger partial charge >= 0.3 is 0 Å². The molecule has 1 aromatic carbocycles. The minimum Gasteiger partial charge on any atom is -0.324 e. The van der Waals surface area contributed by atoms with E-state index in [1.807, 2.05) is 0 Å². The van der Waals surface area contributed by atoms with E-state index < -0.39 is 10.0 Å². The standard InChI is InChI=1S/C14H19Cl2N3O3S/c1-23(21,22)19-9-7-18(8-10-19)6-5-13(20)17-14-11(15)3-2-4-12(14)16/h2-4H,5-10H2,1H3,(H,17,20). The second kappa shape index (κ2) is 7.81. The van der Waals surface area contributed by atoms with Crippen LogP contribution in [0.5, 0.6) is 0 Å². The Morgan fingerprint density at radius 2 is 1.74 bits per heavy atom. The molecule has 0 saturated carbocycles. The molecule has 1 fully saturated rings. The molecule has 0 aromatic heterocycles. The summed E-state index contributed by atoms with van der Waals surface area (Å²) in [5.74, 6) is -0.175. The lowest BCUT2D eigenvalue weighted by Gasteiger charge is -2.33. The highest BCUT2D eigenvalue weighted by Crippen LogP contribution is 2.29. The number of anilines is 1. The first-order valence-corrected chi connectivity index (χ1v) is 9.79. The van der Waals surface area contributed by atoms with Gasteiger partial charge in [-0.1, -0.05) is 29.3 Å². The fraction of sp³-hybridized carbons (Fsp3) is 0.500. The summed E-state index contributed by atoms with van der Waals surface area (Å²) in [6.45, 7) is 2.71. The molecular formula is C14H19Cl2N3O3S. The monoisotopic (exact) mass is 379 g/mol. The molecule has 0 atom stereocenters. The first kappa shape index (κ1) is 18.5. The van der Waals surface area contributed by atoms with E-state index in [-0.39, 0.29) is 5.91 Å². The molecule has 1 aromatic rings. The van der Waals surface area contributed by atoms with Crippen LogP contribution in [0.4, 0.5) is 5.69 Å².